The Morgan fingerprint density at radius 2 is 0.560 bits per heavy atom. The van der Waals surface area contributed by atoms with E-state index in [1.807, 2.05) is 55.4 Å². The molecule has 0 spiro atoms. The van der Waals surface area contributed by atoms with Crippen molar-refractivity contribution in [2.75, 3.05) is 9.80 Å². The van der Waals surface area contributed by atoms with Crippen LogP contribution in [-0.2, 0) is 38.8 Å². The van der Waals surface area contributed by atoms with Gasteiger partial charge in [-0.15, -0.1) is 0 Å². The number of nitrogens with zero attached hydrogens (tertiary/aromatic N) is 2. The van der Waals surface area contributed by atoms with Crippen molar-refractivity contribution in [1.82, 2.24) is 0 Å². The van der Waals surface area contributed by atoms with Gasteiger partial charge < -0.3 is 37.7 Å². The van der Waals surface area contributed by atoms with Crippen LogP contribution in [0.15, 0.2) is 199 Å². The van der Waals surface area contributed by atoms with Crippen LogP contribution in [-0.4, -0.2) is 54.7 Å². The molecular formula is C72H80B3BrN2O6. The largest absolute Gasteiger partial charge is 0.494 e. The third-order valence-corrected chi connectivity index (χ3v) is 19.7. The van der Waals surface area contributed by atoms with Crippen molar-refractivity contribution in [1.29, 1.82) is 0 Å². The van der Waals surface area contributed by atoms with Crippen molar-refractivity contribution in [2.45, 2.75) is 155 Å². The summed E-state index contributed by atoms with van der Waals surface area (Å²) in [5.41, 5.74) is 16.3. The number of hydrogen-bond acceptors (Lipinski definition) is 8. The first-order chi connectivity index (χ1) is 39.5. The van der Waals surface area contributed by atoms with Gasteiger partial charge >= 0.3 is 21.1 Å². The summed E-state index contributed by atoms with van der Waals surface area (Å²) in [7, 11) is -1.32. The minimum atomic E-state index is -0.476. The lowest BCUT2D eigenvalue weighted by Crippen LogP contribution is -2.41. The molecule has 430 valence electrons. The van der Waals surface area contributed by atoms with Crippen molar-refractivity contribution in [3.63, 3.8) is 0 Å². The van der Waals surface area contributed by atoms with Gasteiger partial charge in [-0.2, -0.15) is 0 Å². The fourth-order valence-corrected chi connectivity index (χ4v) is 12.4. The van der Waals surface area contributed by atoms with E-state index < -0.39 is 14.0 Å². The summed E-state index contributed by atoms with van der Waals surface area (Å²) in [6.07, 6.45) is 0. The van der Waals surface area contributed by atoms with E-state index >= 15 is 0 Å². The third kappa shape index (κ3) is 10.7. The maximum absolute atomic E-state index is 6.37. The molecular weight excluding hydrogens is 1100 g/mol. The molecule has 0 saturated carbocycles. The molecule has 0 atom stereocenters. The van der Waals surface area contributed by atoms with Crippen LogP contribution in [0.4, 0.5) is 34.1 Å². The number of para-hydroxylation sites is 4. The minimum absolute atomic E-state index is 0.0382. The highest BCUT2D eigenvalue weighted by Crippen LogP contribution is 2.53. The molecule has 84 heavy (non-hydrogen) atoms. The highest BCUT2D eigenvalue weighted by molar-refractivity contribution is 9.10. The van der Waals surface area contributed by atoms with Gasteiger partial charge in [0.15, 0.2) is 0 Å². The molecule has 0 N–H and O–H groups in total. The van der Waals surface area contributed by atoms with Crippen molar-refractivity contribution in [3.05, 3.63) is 221 Å². The SMILES string of the molecule is CC1(C)OB(B2OC(C)(C)C(C)(C)O2)OC1(C)C.CC1(C)c2cc(B3OC(C)(C)C(C)(C)O3)ccc2-c2ccc(N(c3ccccc3)c3ccccc3)cc21.CC1(C)c2cc(Br)ccc2-c2ccc(N(c3ccccc3)c3ccccc3)cc21. The van der Waals surface area contributed by atoms with Crippen LogP contribution in [0.1, 0.15) is 133 Å². The van der Waals surface area contributed by atoms with Crippen molar-refractivity contribution < 1.29 is 27.9 Å². The highest BCUT2D eigenvalue weighted by atomic mass is 79.9. The van der Waals surface area contributed by atoms with Gasteiger partial charge in [0, 0.05) is 49.4 Å². The molecule has 8 aromatic rings. The van der Waals surface area contributed by atoms with Crippen molar-refractivity contribution in [2.24, 2.45) is 0 Å². The van der Waals surface area contributed by atoms with Gasteiger partial charge in [0.05, 0.1) is 33.6 Å². The average molecular weight is 1180 g/mol. The molecule has 0 bridgehead atoms. The van der Waals surface area contributed by atoms with Crippen LogP contribution in [0.2, 0.25) is 0 Å². The predicted octanol–water partition coefficient (Wildman–Crippen LogP) is 18.2. The lowest BCUT2D eigenvalue weighted by molar-refractivity contribution is 0.00578. The standard InChI is InChI=1S/C33H34BNO2.C27H22BrN.C12H24B2O4/c1-31(2)29-21-23(34-36-32(3,4)33(5,6)37-34)17-19-27(29)28-20-18-26(22-30(28)31)35(24-13-9-7-10-14-24)25-15-11-8-12-16-25;1-27(2)25-17-19(28)13-15-23(25)24-16-14-22(18-26(24)27)29(20-9-5-3-6-10-20)21-11-7-4-8-12-21;1-9(2)10(3,4)16-13(15-9)14-17-11(5,6)12(7,8)18-14/h7-22H,1-6H3;3-18H,1-2H3;1-8H3. The molecule has 5 aliphatic rings. The third-order valence-electron chi connectivity index (χ3n) is 19.2. The second-order valence-corrected chi connectivity index (χ2v) is 28.0. The molecule has 3 heterocycles. The molecule has 3 fully saturated rings. The summed E-state index contributed by atoms with van der Waals surface area (Å²) < 4.78 is 37.7. The molecule has 0 aromatic heterocycles. The number of fused-ring (bicyclic) bond motifs is 6. The predicted molar refractivity (Wildman–Crippen MR) is 353 cm³/mol. The monoisotopic (exact) mass is 1180 g/mol. The van der Waals surface area contributed by atoms with Crippen LogP contribution < -0.4 is 15.3 Å². The second-order valence-electron chi connectivity index (χ2n) is 27.1. The van der Waals surface area contributed by atoms with Gasteiger partial charge in [-0.1, -0.05) is 153 Å². The number of rotatable bonds is 8. The Bertz CT molecular complexity index is 3540. The maximum Gasteiger partial charge on any atom is 0.494 e. The molecule has 13 rings (SSSR count). The van der Waals surface area contributed by atoms with Crippen LogP contribution in [0.3, 0.4) is 0 Å². The first-order valence-corrected chi connectivity index (χ1v) is 30.4. The Morgan fingerprint density at radius 3 is 0.893 bits per heavy atom. The smallest absolute Gasteiger partial charge is 0.405 e. The normalized spacial score (nSPS) is 19.7. The van der Waals surface area contributed by atoms with Crippen molar-refractivity contribution >= 4 is 76.7 Å². The van der Waals surface area contributed by atoms with E-state index in [9.17, 15) is 0 Å². The minimum Gasteiger partial charge on any atom is -0.405 e. The summed E-state index contributed by atoms with van der Waals surface area (Å²) >= 11 is 3.65. The lowest BCUT2D eigenvalue weighted by atomic mass is 9.49. The quantitative estimate of drug-likeness (QED) is 0.140. The second kappa shape index (κ2) is 21.6. The van der Waals surface area contributed by atoms with Gasteiger partial charge in [-0.05, 0) is 218 Å². The van der Waals surface area contributed by atoms with E-state index in [-0.39, 0.29) is 51.6 Å². The molecule has 0 radical (unpaired) electrons. The summed E-state index contributed by atoms with van der Waals surface area (Å²) in [5, 5.41) is 0. The zero-order valence-corrected chi connectivity index (χ0v) is 53.5. The van der Waals surface area contributed by atoms with Gasteiger partial charge in [0.25, 0.3) is 0 Å². The maximum atomic E-state index is 6.37. The van der Waals surface area contributed by atoms with E-state index in [1.165, 1.54) is 50.2 Å². The van der Waals surface area contributed by atoms with Gasteiger partial charge in [-0.25, -0.2) is 0 Å². The fraction of sp³-hybridized carbons (Fsp3) is 0.333. The number of hydrogen-bond donors (Lipinski definition) is 0. The van der Waals surface area contributed by atoms with Crippen LogP contribution in [0.25, 0.3) is 22.3 Å². The Kier molecular flexibility index (Phi) is 15.3. The zero-order chi connectivity index (χ0) is 60.0. The first kappa shape index (κ1) is 59.5. The highest BCUT2D eigenvalue weighted by Gasteiger charge is 2.64. The van der Waals surface area contributed by atoms with E-state index in [4.69, 9.17) is 27.9 Å². The summed E-state index contributed by atoms with van der Waals surface area (Å²) in [4.78, 5) is 4.66. The van der Waals surface area contributed by atoms with Crippen LogP contribution in [0, 0.1) is 0 Å². The molecule has 3 saturated heterocycles. The fourth-order valence-electron chi connectivity index (χ4n) is 12.0. The van der Waals surface area contributed by atoms with Crippen molar-refractivity contribution in [3.8, 4) is 22.3 Å². The number of anilines is 6. The Morgan fingerprint density at radius 1 is 0.286 bits per heavy atom. The van der Waals surface area contributed by atoms with E-state index in [2.05, 4.69) is 275 Å². The van der Waals surface area contributed by atoms with Crippen LogP contribution in [0.5, 0.6) is 0 Å². The summed E-state index contributed by atoms with van der Waals surface area (Å²) in [6, 6.07) is 69.4. The topological polar surface area (TPSA) is 61.9 Å². The Balaban J connectivity index is 0.000000140. The first-order valence-electron chi connectivity index (χ1n) is 29.6. The lowest BCUT2D eigenvalue weighted by Gasteiger charge is -2.32. The van der Waals surface area contributed by atoms with Gasteiger partial charge in [-0.3, -0.25) is 0 Å². The molecule has 2 aliphatic carbocycles. The molecule has 12 heteroatoms. The van der Waals surface area contributed by atoms with Gasteiger partial charge in [0.2, 0.25) is 0 Å². The number of halogens is 1. The van der Waals surface area contributed by atoms with E-state index in [0.29, 0.717) is 0 Å². The Labute approximate surface area is 509 Å². The van der Waals surface area contributed by atoms with Gasteiger partial charge in [0.1, 0.15) is 0 Å². The molecule has 0 unspecified atom stereocenters. The molecule has 8 aromatic carbocycles. The van der Waals surface area contributed by atoms with E-state index in [1.54, 1.807) is 0 Å². The number of benzene rings is 8. The molecule has 0 amide bonds. The molecule has 3 aliphatic heterocycles. The summed E-state index contributed by atoms with van der Waals surface area (Å²) in [5.74, 6) is 0. The van der Waals surface area contributed by atoms with Crippen LogP contribution >= 0.6 is 15.9 Å². The molecule has 8 nitrogen and oxygen atoms in total. The Hall–Kier alpha value is -6.21. The summed E-state index contributed by atoms with van der Waals surface area (Å²) in [6.45, 7) is 33.9. The van der Waals surface area contributed by atoms with E-state index in [0.717, 1.165) is 38.4 Å². The average Bonchev–Trinajstić information content (AvgIpc) is 1.90. The zero-order valence-electron chi connectivity index (χ0n) is 51.9.